The molecule has 0 aromatic heterocycles. The van der Waals surface area contributed by atoms with Gasteiger partial charge in [-0.1, -0.05) is 12.2 Å². The van der Waals surface area contributed by atoms with E-state index in [1.807, 2.05) is 0 Å². The van der Waals surface area contributed by atoms with E-state index in [0.29, 0.717) is 6.29 Å². The van der Waals surface area contributed by atoms with Crippen LogP contribution < -0.4 is 0 Å². The summed E-state index contributed by atoms with van der Waals surface area (Å²) >= 11 is 0. The van der Waals surface area contributed by atoms with Crippen LogP contribution in [0, 0.1) is 0 Å². The van der Waals surface area contributed by atoms with Crippen molar-refractivity contribution < 1.29 is 14.3 Å². The molecular weight excluding hydrogens is 132 g/mol. The molecule has 10 heavy (non-hydrogen) atoms. The van der Waals surface area contributed by atoms with Crippen LogP contribution in [0.2, 0.25) is 0 Å². The van der Waals surface area contributed by atoms with Gasteiger partial charge in [-0.3, -0.25) is 4.79 Å². The Labute approximate surface area is 59.0 Å². The zero-order valence-corrected chi connectivity index (χ0v) is 5.61. The van der Waals surface area contributed by atoms with Crippen molar-refractivity contribution in [2.45, 2.75) is 0 Å². The van der Waals surface area contributed by atoms with Crippen LogP contribution in [0.25, 0.3) is 0 Å². The molecule has 0 rings (SSSR count). The number of ether oxygens (including phenoxy) is 1. The monoisotopic (exact) mass is 140 g/mol. The summed E-state index contributed by atoms with van der Waals surface area (Å²) in [5, 5.41) is 0. The highest BCUT2D eigenvalue weighted by molar-refractivity contribution is 5.82. The second-order valence-electron chi connectivity index (χ2n) is 1.40. The highest BCUT2D eigenvalue weighted by Gasteiger charge is 1.85. The second kappa shape index (κ2) is 5.75. The molecular formula is C7H8O3. The summed E-state index contributed by atoms with van der Waals surface area (Å²) < 4.78 is 4.28. The molecule has 3 nitrogen and oxygen atoms in total. The number of allylic oxidation sites excluding steroid dienone is 3. The van der Waals surface area contributed by atoms with Crippen LogP contribution in [-0.4, -0.2) is 19.4 Å². The van der Waals surface area contributed by atoms with E-state index in [1.165, 1.54) is 31.4 Å². The average Bonchev–Trinajstić information content (AvgIpc) is 1.98. The predicted molar refractivity (Wildman–Crippen MR) is 36.4 cm³/mol. The Bertz CT molecular complexity index is 168. The summed E-state index contributed by atoms with van der Waals surface area (Å²) in [6.07, 6.45) is 6.01. The number of carbonyl (C=O) groups excluding carboxylic acids is 2. The van der Waals surface area contributed by atoms with Crippen molar-refractivity contribution in [2.75, 3.05) is 7.11 Å². The molecule has 0 amide bonds. The fraction of sp³-hybridized carbons (Fsp3) is 0.143. The Kier molecular flexibility index (Phi) is 4.96. The molecule has 0 atom stereocenters. The molecule has 0 radical (unpaired) electrons. The van der Waals surface area contributed by atoms with Crippen molar-refractivity contribution >= 4 is 12.3 Å². The summed E-state index contributed by atoms with van der Waals surface area (Å²) in [7, 11) is 1.29. The van der Waals surface area contributed by atoms with Crippen molar-refractivity contribution in [3.63, 3.8) is 0 Å². The van der Waals surface area contributed by atoms with Crippen LogP contribution in [0.5, 0.6) is 0 Å². The van der Waals surface area contributed by atoms with Crippen LogP contribution in [0.4, 0.5) is 0 Å². The summed E-state index contributed by atoms with van der Waals surface area (Å²) in [6, 6.07) is 0. The van der Waals surface area contributed by atoms with Gasteiger partial charge in [0.05, 0.1) is 7.11 Å². The molecule has 0 aliphatic carbocycles. The lowest BCUT2D eigenvalue weighted by atomic mass is 10.4. The van der Waals surface area contributed by atoms with Crippen LogP contribution in [0.3, 0.4) is 0 Å². The number of carbonyl (C=O) groups is 2. The molecule has 0 saturated carbocycles. The van der Waals surface area contributed by atoms with Crippen molar-refractivity contribution in [3.8, 4) is 0 Å². The van der Waals surface area contributed by atoms with Crippen molar-refractivity contribution in [1.29, 1.82) is 0 Å². The average molecular weight is 140 g/mol. The molecule has 3 heteroatoms. The molecule has 0 spiro atoms. The Morgan fingerprint density at radius 3 is 2.50 bits per heavy atom. The molecule has 0 aromatic carbocycles. The molecule has 0 unspecified atom stereocenters. The maximum Gasteiger partial charge on any atom is 0.330 e. The zero-order valence-electron chi connectivity index (χ0n) is 5.61. The first-order chi connectivity index (χ1) is 4.81. The zero-order chi connectivity index (χ0) is 7.82. The van der Waals surface area contributed by atoms with Gasteiger partial charge >= 0.3 is 5.97 Å². The van der Waals surface area contributed by atoms with Crippen molar-refractivity contribution in [3.05, 3.63) is 24.3 Å². The van der Waals surface area contributed by atoms with E-state index in [-0.39, 0.29) is 0 Å². The van der Waals surface area contributed by atoms with E-state index >= 15 is 0 Å². The lowest BCUT2D eigenvalue weighted by molar-refractivity contribution is -0.134. The number of aldehydes is 1. The third-order valence-corrected chi connectivity index (χ3v) is 0.734. The molecule has 0 aromatic rings. The van der Waals surface area contributed by atoms with Crippen LogP contribution in [0.1, 0.15) is 0 Å². The van der Waals surface area contributed by atoms with E-state index < -0.39 is 5.97 Å². The van der Waals surface area contributed by atoms with Crippen LogP contribution in [0.15, 0.2) is 24.3 Å². The normalized spacial score (nSPS) is 10.5. The van der Waals surface area contributed by atoms with Gasteiger partial charge in [0.2, 0.25) is 0 Å². The Morgan fingerprint density at radius 1 is 1.30 bits per heavy atom. The van der Waals surface area contributed by atoms with Gasteiger partial charge < -0.3 is 4.74 Å². The number of methoxy groups -OCH3 is 1. The topological polar surface area (TPSA) is 43.4 Å². The highest BCUT2D eigenvalue weighted by Crippen LogP contribution is 1.78. The van der Waals surface area contributed by atoms with Gasteiger partial charge in [0.15, 0.2) is 0 Å². The van der Waals surface area contributed by atoms with Gasteiger partial charge in [0.1, 0.15) is 6.29 Å². The maximum atomic E-state index is 10.3. The first-order valence-electron chi connectivity index (χ1n) is 2.67. The summed E-state index contributed by atoms with van der Waals surface area (Å²) in [6.45, 7) is 0. The lowest BCUT2D eigenvalue weighted by Crippen LogP contribution is -1.92. The summed E-state index contributed by atoms with van der Waals surface area (Å²) in [5.74, 6) is -0.435. The Balaban J connectivity index is 3.65. The molecule has 0 aliphatic rings. The van der Waals surface area contributed by atoms with Gasteiger partial charge in [-0.2, -0.15) is 0 Å². The summed E-state index contributed by atoms with van der Waals surface area (Å²) in [5.41, 5.74) is 0. The molecule has 0 bridgehead atoms. The minimum atomic E-state index is -0.435. The van der Waals surface area contributed by atoms with Gasteiger partial charge in [-0.05, 0) is 6.08 Å². The first-order valence-corrected chi connectivity index (χ1v) is 2.67. The molecule has 0 saturated heterocycles. The Morgan fingerprint density at radius 2 is 2.00 bits per heavy atom. The van der Waals surface area contributed by atoms with Crippen molar-refractivity contribution in [2.24, 2.45) is 0 Å². The molecule has 54 valence electrons. The molecule has 0 N–H and O–H groups in total. The SMILES string of the molecule is COC(=O)/C=C/C=C\C=O. The van der Waals surface area contributed by atoms with Gasteiger partial charge in [0, 0.05) is 6.08 Å². The number of hydrogen-bond acceptors (Lipinski definition) is 3. The molecule has 0 fully saturated rings. The fourth-order valence-electron chi connectivity index (χ4n) is 0.312. The molecule has 0 aliphatic heterocycles. The van der Waals surface area contributed by atoms with Crippen LogP contribution in [-0.2, 0) is 14.3 Å². The smallest absolute Gasteiger partial charge is 0.330 e. The molecule has 0 heterocycles. The minimum Gasteiger partial charge on any atom is -0.466 e. The lowest BCUT2D eigenvalue weighted by Gasteiger charge is -1.85. The van der Waals surface area contributed by atoms with Gasteiger partial charge in [-0.25, -0.2) is 4.79 Å². The van der Waals surface area contributed by atoms with E-state index in [0.717, 1.165) is 0 Å². The summed E-state index contributed by atoms with van der Waals surface area (Å²) in [4.78, 5) is 20.0. The number of esters is 1. The number of hydrogen-bond donors (Lipinski definition) is 0. The number of rotatable bonds is 3. The third kappa shape index (κ3) is 4.77. The third-order valence-electron chi connectivity index (χ3n) is 0.734. The largest absolute Gasteiger partial charge is 0.466 e. The van der Waals surface area contributed by atoms with Gasteiger partial charge in [0.25, 0.3) is 0 Å². The van der Waals surface area contributed by atoms with Crippen LogP contribution >= 0.6 is 0 Å². The first kappa shape index (κ1) is 8.62. The predicted octanol–water partition coefficient (Wildman–Crippen LogP) is 0.471. The quantitative estimate of drug-likeness (QED) is 0.248. The fourth-order valence-corrected chi connectivity index (χ4v) is 0.312. The maximum absolute atomic E-state index is 10.3. The van der Waals surface area contributed by atoms with E-state index in [2.05, 4.69) is 4.74 Å². The second-order valence-corrected chi connectivity index (χ2v) is 1.40. The Hall–Kier alpha value is -1.38. The van der Waals surface area contributed by atoms with Gasteiger partial charge in [-0.15, -0.1) is 0 Å². The van der Waals surface area contributed by atoms with E-state index in [4.69, 9.17) is 0 Å². The van der Waals surface area contributed by atoms with E-state index in [1.54, 1.807) is 0 Å². The van der Waals surface area contributed by atoms with E-state index in [9.17, 15) is 9.59 Å². The van der Waals surface area contributed by atoms with Crippen molar-refractivity contribution in [1.82, 2.24) is 0 Å². The minimum absolute atomic E-state index is 0.435. The highest BCUT2D eigenvalue weighted by atomic mass is 16.5. The standard InChI is InChI=1S/C7H8O3/c1-10-7(9)5-3-2-4-6-8/h2-6H,1H3/b4-2-,5-3+.